The van der Waals surface area contributed by atoms with Crippen LogP contribution in [0.1, 0.15) is 71.1 Å². The van der Waals surface area contributed by atoms with Crippen molar-refractivity contribution in [1.82, 2.24) is 0 Å². The molecule has 0 aromatic rings. The zero-order valence-corrected chi connectivity index (χ0v) is 13.3. The molecule has 0 rings (SSSR count). The molecule has 0 aromatic carbocycles. The molecule has 0 radical (unpaired) electrons. The van der Waals surface area contributed by atoms with Gasteiger partial charge in [-0.25, -0.2) is 0 Å². The van der Waals surface area contributed by atoms with Crippen LogP contribution >= 0.6 is 0 Å². The van der Waals surface area contributed by atoms with Crippen LogP contribution in [-0.2, 0) is 19.6 Å². The minimum atomic E-state index is -3.89. The molecule has 0 spiro atoms. The Hall–Kier alpha value is -0.620. The lowest BCUT2D eigenvalue weighted by Gasteiger charge is -2.04. The predicted octanol–water partition coefficient (Wildman–Crippen LogP) is 3.34. The summed E-state index contributed by atoms with van der Waals surface area (Å²) in [5.74, 6) is -0.493. The Morgan fingerprint density at radius 3 is 2.15 bits per heavy atom. The summed E-state index contributed by atoms with van der Waals surface area (Å²) >= 11 is 0. The lowest BCUT2D eigenvalue weighted by molar-refractivity contribution is -0.143. The van der Waals surface area contributed by atoms with Crippen LogP contribution in [0.2, 0.25) is 0 Å². The van der Waals surface area contributed by atoms with E-state index < -0.39 is 10.1 Å². The summed E-state index contributed by atoms with van der Waals surface area (Å²) in [5, 5.41) is 0. The van der Waals surface area contributed by atoms with Crippen molar-refractivity contribution in [1.29, 1.82) is 0 Å². The molecule has 0 saturated heterocycles. The van der Waals surface area contributed by atoms with Gasteiger partial charge in [-0.1, -0.05) is 45.4 Å². The minimum Gasteiger partial charge on any atom is -0.466 e. The molecule has 0 fully saturated rings. The lowest BCUT2D eigenvalue weighted by Crippen LogP contribution is -2.08. The molecule has 120 valence electrons. The topological polar surface area (TPSA) is 80.7 Å². The molecule has 0 amide bonds. The third-order valence-corrected chi connectivity index (χ3v) is 3.85. The quantitative estimate of drug-likeness (QED) is 0.320. The number of esters is 1. The van der Waals surface area contributed by atoms with E-state index in [4.69, 9.17) is 9.29 Å². The fourth-order valence-electron chi connectivity index (χ4n) is 1.87. The van der Waals surface area contributed by atoms with Crippen LogP contribution in [0.3, 0.4) is 0 Å². The van der Waals surface area contributed by atoms with E-state index in [0.29, 0.717) is 19.3 Å². The van der Waals surface area contributed by atoms with Crippen LogP contribution in [0.25, 0.3) is 0 Å². The summed E-state index contributed by atoms with van der Waals surface area (Å²) in [7, 11) is -3.89. The first-order valence-electron chi connectivity index (χ1n) is 7.56. The first kappa shape index (κ1) is 19.4. The Balaban J connectivity index is 3.29. The van der Waals surface area contributed by atoms with E-state index in [1.54, 1.807) is 0 Å². The fourth-order valence-corrected chi connectivity index (χ4v) is 2.44. The van der Waals surface area contributed by atoms with Crippen molar-refractivity contribution >= 4 is 16.1 Å². The van der Waals surface area contributed by atoms with E-state index in [1.807, 2.05) is 0 Å². The molecule has 0 unspecified atom stereocenters. The van der Waals surface area contributed by atoms with E-state index in [2.05, 4.69) is 6.92 Å². The number of carbonyl (C=O) groups excluding carboxylic acids is 1. The lowest BCUT2D eigenvalue weighted by atomic mass is 10.1. The molecular formula is C14H28O5S. The van der Waals surface area contributed by atoms with Gasteiger partial charge in [0.15, 0.2) is 0 Å². The van der Waals surface area contributed by atoms with Gasteiger partial charge >= 0.3 is 5.97 Å². The predicted molar refractivity (Wildman–Crippen MR) is 79.2 cm³/mol. The molecule has 5 nitrogen and oxygen atoms in total. The summed E-state index contributed by atoms with van der Waals surface area (Å²) in [6.45, 7) is 2.41. The second kappa shape index (κ2) is 12.1. The highest BCUT2D eigenvalue weighted by Crippen LogP contribution is 2.09. The van der Waals surface area contributed by atoms with Crippen LogP contribution in [-0.4, -0.2) is 31.3 Å². The highest BCUT2D eigenvalue weighted by Gasteiger charge is 2.05. The molecule has 0 aliphatic heterocycles. The normalized spacial score (nSPS) is 11.5. The second-order valence-corrected chi connectivity index (χ2v) is 6.66. The van der Waals surface area contributed by atoms with Gasteiger partial charge in [-0.3, -0.25) is 9.35 Å². The van der Waals surface area contributed by atoms with Crippen molar-refractivity contribution in [2.75, 3.05) is 12.4 Å². The first-order chi connectivity index (χ1) is 9.45. The van der Waals surface area contributed by atoms with E-state index in [9.17, 15) is 13.2 Å². The average Bonchev–Trinajstić information content (AvgIpc) is 2.36. The average molecular weight is 308 g/mol. The van der Waals surface area contributed by atoms with Gasteiger partial charge in [-0.15, -0.1) is 0 Å². The van der Waals surface area contributed by atoms with Crippen molar-refractivity contribution in [2.45, 2.75) is 71.1 Å². The smallest absolute Gasteiger partial charge is 0.305 e. The highest BCUT2D eigenvalue weighted by molar-refractivity contribution is 7.85. The molecule has 20 heavy (non-hydrogen) atoms. The van der Waals surface area contributed by atoms with Crippen LogP contribution in [0.15, 0.2) is 0 Å². The number of ether oxygens (including phenoxy) is 1. The van der Waals surface area contributed by atoms with Crippen LogP contribution in [0, 0.1) is 0 Å². The number of hydrogen-bond acceptors (Lipinski definition) is 4. The zero-order chi connectivity index (χ0) is 15.3. The standard InChI is InChI=1S/C14H28O5S/c1-2-3-4-5-6-7-8-11-14(15)19-12-9-10-13-20(16,17)18/h2-13H2,1H3,(H,16,17,18). The van der Waals surface area contributed by atoms with E-state index in [-0.39, 0.29) is 18.3 Å². The van der Waals surface area contributed by atoms with Crippen molar-refractivity contribution in [3.05, 3.63) is 0 Å². The summed E-state index contributed by atoms with van der Waals surface area (Å²) in [5.41, 5.74) is 0. The highest BCUT2D eigenvalue weighted by atomic mass is 32.2. The largest absolute Gasteiger partial charge is 0.466 e. The number of hydrogen-bond donors (Lipinski definition) is 1. The maximum atomic E-state index is 11.3. The second-order valence-electron chi connectivity index (χ2n) is 5.08. The van der Waals surface area contributed by atoms with E-state index >= 15 is 0 Å². The summed E-state index contributed by atoms with van der Waals surface area (Å²) < 4.78 is 34.4. The van der Waals surface area contributed by atoms with E-state index in [0.717, 1.165) is 12.8 Å². The van der Waals surface area contributed by atoms with Gasteiger partial charge in [0, 0.05) is 6.42 Å². The van der Waals surface area contributed by atoms with Gasteiger partial charge in [0.25, 0.3) is 10.1 Å². The maximum absolute atomic E-state index is 11.3. The van der Waals surface area contributed by atoms with Gasteiger partial charge in [-0.05, 0) is 19.3 Å². The molecule has 0 aliphatic rings. The Labute approximate surface area is 122 Å². The van der Waals surface area contributed by atoms with Crippen LogP contribution in [0.4, 0.5) is 0 Å². The Morgan fingerprint density at radius 1 is 0.950 bits per heavy atom. The summed E-state index contributed by atoms with van der Waals surface area (Å²) in [4.78, 5) is 11.3. The number of unbranched alkanes of at least 4 members (excludes halogenated alkanes) is 7. The summed E-state index contributed by atoms with van der Waals surface area (Å²) in [6.07, 6.45) is 9.32. The van der Waals surface area contributed by atoms with E-state index in [1.165, 1.54) is 32.1 Å². The number of rotatable bonds is 13. The van der Waals surface area contributed by atoms with Gasteiger partial charge in [-0.2, -0.15) is 8.42 Å². The van der Waals surface area contributed by atoms with Crippen LogP contribution in [0.5, 0.6) is 0 Å². The molecule has 6 heteroatoms. The zero-order valence-electron chi connectivity index (χ0n) is 12.5. The Morgan fingerprint density at radius 2 is 1.55 bits per heavy atom. The third-order valence-electron chi connectivity index (χ3n) is 3.04. The molecule has 0 atom stereocenters. The third kappa shape index (κ3) is 15.4. The van der Waals surface area contributed by atoms with Crippen molar-refractivity contribution in [3.8, 4) is 0 Å². The molecule has 0 bridgehead atoms. The monoisotopic (exact) mass is 308 g/mol. The molecule has 0 aliphatic carbocycles. The summed E-state index contributed by atoms with van der Waals surface area (Å²) in [6, 6.07) is 0. The Kier molecular flexibility index (Phi) is 11.8. The molecule has 1 N–H and O–H groups in total. The Bertz CT molecular complexity index is 337. The van der Waals surface area contributed by atoms with Gasteiger partial charge in [0.1, 0.15) is 0 Å². The SMILES string of the molecule is CCCCCCCCCC(=O)OCCCCS(=O)(=O)O. The first-order valence-corrected chi connectivity index (χ1v) is 9.17. The van der Waals surface area contributed by atoms with Gasteiger partial charge in [0.05, 0.1) is 12.4 Å². The minimum absolute atomic E-state index is 0.217. The maximum Gasteiger partial charge on any atom is 0.305 e. The van der Waals surface area contributed by atoms with Crippen molar-refractivity contribution in [2.24, 2.45) is 0 Å². The molecule has 0 saturated carbocycles. The molecule has 0 heterocycles. The van der Waals surface area contributed by atoms with Gasteiger partial charge < -0.3 is 4.74 Å². The number of carbonyl (C=O) groups is 1. The molecular weight excluding hydrogens is 280 g/mol. The van der Waals surface area contributed by atoms with Crippen molar-refractivity contribution < 1.29 is 22.5 Å². The van der Waals surface area contributed by atoms with Crippen LogP contribution < -0.4 is 0 Å². The van der Waals surface area contributed by atoms with Crippen molar-refractivity contribution in [3.63, 3.8) is 0 Å². The fraction of sp³-hybridized carbons (Fsp3) is 0.929. The molecule has 0 aromatic heterocycles. The van der Waals surface area contributed by atoms with Gasteiger partial charge in [0.2, 0.25) is 0 Å².